The van der Waals surface area contributed by atoms with E-state index in [4.69, 9.17) is 11.5 Å². The summed E-state index contributed by atoms with van der Waals surface area (Å²) >= 11 is 7.36. The van der Waals surface area contributed by atoms with Gasteiger partial charge < -0.3 is 21.3 Å². The SMILES string of the molecule is Cc1c(Br)c(N)c(C)c2c1CN1CN2Cc2c(C)c(Br)c(N)c(C)c21. The van der Waals surface area contributed by atoms with Crippen molar-refractivity contribution in [2.75, 3.05) is 27.9 Å². The molecule has 0 aliphatic carbocycles. The molecule has 6 heteroatoms. The number of benzene rings is 2. The summed E-state index contributed by atoms with van der Waals surface area (Å²) in [4.78, 5) is 4.89. The average molecular weight is 466 g/mol. The number of halogens is 2. The van der Waals surface area contributed by atoms with Gasteiger partial charge in [-0.3, -0.25) is 0 Å². The highest BCUT2D eigenvalue weighted by Crippen LogP contribution is 2.48. The van der Waals surface area contributed by atoms with Crippen LogP contribution in [0.4, 0.5) is 22.7 Å². The summed E-state index contributed by atoms with van der Waals surface area (Å²) in [7, 11) is 0. The standard InChI is InChI=1S/C19H22Br2N4/c1-8-12-5-24-7-25(18(12)10(3)16(22)14(8)20)6-13-9(2)15(21)17(23)11(4)19(13)24/h5-7,22-23H2,1-4H3. The average Bonchev–Trinajstić information content (AvgIpc) is 2.60. The molecule has 132 valence electrons. The summed E-state index contributed by atoms with van der Waals surface area (Å²) in [5.41, 5.74) is 24.5. The zero-order valence-electron chi connectivity index (χ0n) is 14.9. The highest BCUT2D eigenvalue weighted by Gasteiger charge is 2.35. The first-order chi connectivity index (χ1) is 11.7. The van der Waals surface area contributed by atoms with Crippen molar-refractivity contribution in [2.24, 2.45) is 0 Å². The van der Waals surface area contributed by atoms with E-state index >= 15 is 0 Å². The maximum Gasteiger partial charge on any atom is 0.0910 e. The van der Waals surface area contributed by atoms with Gasteiger partial charge in [0.15, 0.2) is 0 Å². The van der Waals surface area contributed by atoms with Gasteiger partial charge in [0, 0.05) is 33.4 Å². The van der Waals surface area contributed by atoms with Crippen molar-refractivity contribution in [3.8, 4) is 0 Å². The van der Waals surface area contributed by atoms with Gasteiger partial charge in [-0.15, -0.1) is 0 Å². The van der Waals surface area contributed by atoms with E-state index in [0.29, 0.717) is 0 Å². The maximum absolute atomic E-state index is 6.36. The van der Waals surface area contributed by atoms with Crippen molar-refractivity contribution in [1.82, 2.24) is 0 Å². The Labute approximate surface area is 165 Å². The van der Waals surface area contributed by atoms with E-state index < -0.39 is 0 Å². The van der Waals surface area contributed by atoms with Crippen LogP contribution in [0, 0.1) is 27.7 Å². The smallest absolute Gasteiger partial charge is 0.0910 e. The zero-order valence-corrected chi connectivity index (χ0v) is 18.1. The second kappa shape index (κ2) is 5.55. The molecule has 4 N–H and O–H groups in total. The van der Waals surface area contributed by atoms with Crippen LogP contribution in [0.15, 0.2) is 8.95 Å². The molecule has 2 aromatic carbocycles. The number of hydrogen-bond donors (Lipinski definition) is 2. The van der Waals surface area contributed by atoms with E-state index in [1.165, 1.54) is 44.8 Å². The lowest BCUT2D eigenvalue weighted by molar-refractivity contribution is 0.642. The number of anilines is 4. The molecule has 0 fully saturated rings. The zero-order chi connectivity index (χ0) is 18.2. The Hall–Kier alpha value is -1.40. The lowest BCUT2D eigenvalue weighted by atomic mass is 9.91. The van der Waals surface area contributed by atoms with E-state index in [9.17, 15) is 0 Å². The van der Waals surface area contributed by atoms with E-state index in [1.807, 2.05) is 0 Å². The molecule has 0 atom stereocenters. The van der Waals surface area contributed by atoms with Gasteiger partial charge >= 0.3 is 0 Å². The van der Waals surface area contributed by atoms with Crippen LogP contribution >= 0.6 is 31.9 Å². The van der Waals surface area contributed by atoms with Crippen LogP contribution < -0.4 is 21.3 Å². The lowest BCUT2D eigenvalue weighted by Crippen LogP contribution is -2.47. The van der Waals surface area contributed by atoms with Gasteiger partial charge in [-0.25, -0.2) is 0 Å². The first-order valence-electron chi connectivity index (χ1n) is 8.37. The predicted molar refractivity (Wildman–Crippen MR) is 113 cm³/mol. The lowest BCUT2D eigenvalue weighted by Gasteiger charge is -2.47. The fourth-order valence-electron chi connectivity index (χ4n) is 4.29. The summed E-state index contributed by atoms with van der Waals surface area (Å²) in [5, 5.41) is 0. The van der Waals surface area contributed by atoms with E-state index in [-0.39, 0.29) is 0 Å². The molecule has 4 nitrogen and oxygen atoms in total. The van der Waals surface area contributed by atoms with Crippen LogP contribution in [0.5, 0.6) is 0 Å². The van der Waals surface area contributed by atoms with Crippen molar-refractivity contribution >= 4 is 54.6 Å². The Morgan fingerprint density at radius 1 is 0.680 bits per heavy atom. The molecule has 25 heavy (non-hydrogen) atoms. The van der Waals surface area contributed by atoms with Crippen molar-refractivity contribution in [3.05, 3.63) is 42.3 Å². The molecule has 0 saturated carbocycles. The third kappa shape index (κ3) is 2.16. The summed E-state index contributed by atoms with van der Waals surface area (Å²) < 4.78 is 2.05. The Balaban J connectivity index is 1.98. The van der Waals surface area contributed by atoms with Crippen molar-refractivity contribution in [1.29, 1.82) is 0 Å². The van der Waals surface area contributed by atoms with Gasteiger partial charge in [0.2, 0.25) is 0 Å². The van der Waals surface area contributed by atoms with Gasteiger partial charge in [0.1, 0.15) is 0 Å². The second-order valence-electron chi connectivity index (χ2n) is 7.15. The van der Waals surface area contributed by atoms with Gasteiger partial charge in [-0.1, -0.05) is 0 Å². The van der Waals surface area contributed by atoms with Crippen LogP contribution in [0.2, 0.25) is 0 Å². The Bertz CT molecular complexity index is 861. The van der Waals surface area contributed by atoms with Gasteiger partial charge in [-0.05, 0) is 92.9 Å². The molecular formula is C19H22Br2N4. The molecule has 2 aromatic rings. The van der Waals surface area contributed by atoms with Gasteiger partial charge in [0.25, 0.3) is 0 Å². The van der Waals surface area contributed by atoms with Crippen LogP contribution in [0.25, 0.3) is 0 Å². The molecule has 2 heterocycles. The summed E-state index contributed by atoms with van der Waals surface area (Å²) in [6.45, 7) is 11.2. The molecule has 4 rings (SSSR count). The largest absolute Gasteiger partial charge is 0.398 e. The third-order valence-electron chi connectivity index (χ3n) is 5.80. The minimum atomic E-state index is 0.849. The number of fused-ring (bicyclic) bond motifs is 6. The number of rotatable bonds is 0. The molecule has 0 aromatic heterocycles. The number of nitrogens with zero attached hydrogens (tertiary/aromatic N) is 2. The Kier molecular flexibility index (Phi) is 3.78. The fourth-order valence-corrected chi connectivity index (χ4v) is 5.36. The first-order valence-corrected chi connectivity index (χ1v) is 9.96. The molecule has 2 aliphatic heterocycles. The molecule has 0 spiro atoms. The van der Waals surface area contributed by atoms with E-state index in [0.717, 1.165) is 40.1 Å². The predicted octanol–water partition coefficient (Wildman–Crippen LogP) is 4.91. The highest BCUT2D eigenvalue weighted by atomic mass is 79.9. The fraction of sp³-hybridized carbons (Fsp3) is 0.368. The second-order valence-corrected chi connectivity index (χ2v) is 8.73. The van der Waals surface area contributed by atoms with Crippen molar-refractivity contribution in [2.45, 2.75) is 40.8 Å². The topological polar surface area (TPSA) is 58.5 Å². The number of hydrogen-bond acceptors (Lipinski definition) is 4. The molecule has 2 bridgehead atoms. The van der Waals surface area contributed by atoms with Crippen LogP contribution in [0.3, 0.4) is 0 Å². The van der Waals surface area contributed by atoms with Crippen LogP contribution in [-0.2, 0) is 13.1 Å². The summed E-state index contributed by atoms with van der Waals surface area (Å²) in [6, 6.07) is 0. The molecule has 2 aliphatic rings. The van der Waals surface area contributed by atoms with Gasteiger partial charge in [0.05, 0.1) is 18.0 Å². The van der Waals surface area contributed by atoms with Crippen molar-refractivity contribution < 1.29 is 0 Å². The van der Waals surface area contributed by atoms with E-state index in [1.54, 1.807) is 0 Å². The summed E-state index contributed by atoms with van der Waals surface area (Å²) in [5.74, 6) is 0. The highest BCUT2D eigenvalue weighted by molar-refractivity contribution is 9.11. The molecule has 0 unspecified atom stereocenters. The molecule has 0 radical (unpaired) electrons. The van der Waals surface area contributed by atoms with Gasteiger partial charge in [-0.2, -0.15) is 0 Å². The Morgan fingerprint density at radius 3 is 1.40 bits per heavy atom. The normalized spacial score (nSPS) is 15.3. The third-order valence-corrected chi connectivity index (χ3v) is 7.84. The quantitative estimate of drug-likeness (QED) is 0.543. The maximum atomic E-state index is 6.36. The molecule has 0 saturated heterocycles. The van der Waals surface area contributed by atoms with Crippen LogP contribution in [0.1, 0.15) is 33.4 Å². The summed E-state index contributed by atoms with van der Waals surface area (Å²) in [6.07, 6.45) is 0. The van der Waals surface area contributed by atoms with E-state index in [2.05, 4.69) is 69.4 Å². The van der Waals surface area contributed by atoms with Crippen LogP contribution in [-0.4, -0.2) is 6.67 Å². The monoisotopic (exact) mass is 464 g/mol. The minimum absolute atomic E-state index is 0.849. The van der Waals surface area contributed by atoms with Crippen molar-refractivity contribution in [3.63, 3.8) is 0 Å². The first kappa shape index (κ1) is 17.0. The molecule has 0 amide bonds. The number of nitrogen functional groups attached to an aromatic ring is 2. The minimum Gasteiger partial charge on any atom is -0.398 e. The molecular weight excluding hydrogens is 444 g/mol. The number of nitrogens with two attached hydrogens (primary N) is 2. The Morgan fingerprint density at radius 2 is 1.04 bits per heavy atom.